The summed E-state index contributed by atoms with van der Waals surface area (Å²) in [6.07, 6.45) is 0.137. The maximum absolute atomic E-state index is 12.8. The Kier molecular flexibility index (Phi) is 4.33. The minimum atomic E-state index is -0.559. The molecule has 1 saturated heterocycles. The van der Waals surface area contributed by atoms with Gasteiger partial charge in [-0.1, -0.05) is 29.8 Å². The van der Waals surface area contributed by atoms with Crippen molar-refractivity contribution in [2.24, 2.45) is 0 Å². The SMILES string of the molecule is Cc1ccc(C)c(N[C@H]2CC(=O)N(c3cccc(Cl)c3C)C2=O)c1. The van der Waals surface area contributed by atoms with Gasteiger partial charge in [0.05, 0.1) is 12.1 Å². The van der Waals surface area contributed by atoms with Crippen molar-refractivity contribution < 1.29 is 9.59 Å². The van der Waals surface area contributed by atoms with E-state index in [-0.39, 0.29) is 18.2 Å². The van der Waals surface area contributed by atoms with Crippen LogP contribution in [0.25, 0.3) is 0 Å². The van der Waals surface area contributed by atoms with Crippen LogP contribution in [0.1, 0.15) is 23.1 Å². The van der Waals surface area contributed by atoms with E-state index in [1.54, 1.807) is 18.2 Å². The Balaban J connectivity index is 1.89. The summed E-state index contributed by atoms with van der Waals surface area (Å²) in [6, 6.07) is 10.7. The number of nitrogens with zero attached hydrogens (tertiary/aromatic N) is 1. The third kappa shape index (κ3) is 2.89. The minimum absolute atomic E-state index is 0.137. The third-order valence-electron chi connectivity index (χ3n) is 4.35. The summed E-state index contributed by atoms with van der Waals surface area (Å²) in [5, 5.41) is 3.76. The number of nitrogens with one attached hydrogen (secondary N) is 1. The fourth-order valence-electron chi connectivity index (χ4n) is 2.92. The Morgan fingerprint density at radius 2 is 1.88 bits per heavy atom. The molecule has 1 N–H and O–H groups in total. The Morgan fingerprint density at radius 3 is 2.62 bits per heavy atom. The van der Waals surface area contributed by atoms with Crippen LogP contribution in [0.15, 0.2) is 36.4 Å². The molecule has 1 aliphatic heterocycles. The molecule has 0 saturated carbocycles. The van der Waals surface area contributed by atoms with Crippen molar-refractivity contribution in [3.8, 4) is 0 Å². The summed E-state index contributed by atoms with van der Waals surface area (Å²) in [5.74, 6) is -0.459. The van der Waals surface area contributed by atoms with Crippen LogP contribution in [0.4, 0.5) is 11.4 Å². The molecule has 0 aliphatic carbocycles. The van der Waals surface area contributed by atoms with Crippen LogP contribution >= 0.6 is 11.6 Å². The van der Waals surface area contributed by atoms with Gasteiger partial charge in [0.1, 0.15) is 6.04 Å². The van der Waals surface area contributed by atoms with E-state index < -0.39 is 6.04 Å². The number of hydrogen-bond acceptors (Lipinski definition) is 3. The van der Waals surface area contributed by atoms with Crippen molar-refractivity contribution in [3.05, 3.63) is 58.1 Å². The van der Waals surface area contributed by atoms with Crippen LogP contribution < -0.4 is 10.2 Å². The van der Waals surface area contributed by atoms with Crippen LogP contribution in [0.3, 0.4) is 0 Å². The normalized spacial score (nSPS) is 17.5. The van der Waals surface area contributed by atoms with Gasteiger partial charge in [0.2, 0.25) is 5.91 Å². The van der Waals surface area contributed by atoms with E-state index in [9.17, 15) is 9.59 Å². The van der Waals surface area contributed by atoms with Crippen LogP contribution in [-0.2, 0) is 9.59 Å². The lowest BCUT2D eigenvalue weighted by molar-refractivity contribution is -0.121. The van der Waals surface area contributed by atoms with Gasteiger partial charge in [0.25, 0.3) is 5.91 Å². The summed E-state index contributed by atoms with van der Waals surface area (Å²) in [6.45, 7) is 5.78. The zero-order valence-electron chi connectivity index (χ0n) is 13.9. The molecular formula is C19H19ClN2O2. The number of aryl methyl sites for hydroxylation is 2. The molecule has 2 aromatic carbocycles. The molecule has 4 nitrogen and oxygen atoms in total. The Bertz CT molecular complexity index is 832. The van der Waals surface area contributed by atoms with Gasteiger partial charge in [-0.3, -0.25) is 9.59 Å². The fraction of sp³-hybridized carbons (Fsp3) is 0.263. The van der Waals surface area contributed by atoms with Gasteiger partial charge in [0, 0.05) is 10.7 Å². The summed E-state index contributed by atoms with van der Waals surface area (Å²) >= 11 is 6.13. The highest BCUT2D eigenvalue weighted by Crippen LogP contribution is 2.31. The molecule has 3 rings (SSSR count). The Hall–Kier alpha value is -2.33. The number of carbonyl (C=O) groups excluding carboxylic acids is 2. The zero-order chi connectivity index (χ0) is 17.4. The molecule has 1 heterocycles. The zero-order valence-corrected chi connectivity index (χ0v) is 14.6. The van der Waals surface area contributed by atoms with Crippen LogP contribution in [0, 0.1) is 20.8 Å². The first-order valence-electron chi connectivity index (χ1n) is 7.84. The first-order chi connectivity index (χ1) is 11.4. The largest absolute Gasteiger partial charge is 0.373 e. The lowest BCUT2D eigenvalue weighted by Crippen LogP contribution is -2.35. The molecule has 24 heavy (non-hydrogen) atoms. The van der Waals surface area contributed by atoms with Crippen molar-refractivity contribution in [3.63, 3.8) is 0 Å². The molecule has 0 aromatic heterocycles. The van der Waals surface area contributed by atoms with E-state index in [0.717, 1.165) is 22.4 Å². The predicted molar refractivity (Wildman–Crippen MR) is 96.6 cm³/mol. The Morgan fingerprint density at radius 1 is 1.12 bits per heavy atom. The second-order valence-electron chi connectivity index (χ2n) is 6.17. The summed E-state index contributed by atoms with van der Waals surface area (Å²) < 4.78 is 0. The molecular weight excluding hydrogens is 324 g/mol. The second-order valence-corrected chi connectivity index (χ2v) is 6.58. The standard InChI is InChI=1S/C19H19ClN2O2/c1-11-7-8-12(2)15(9-11)21-16-10-18(23)22(19(16)24)17-6-4-5-14(20)13(17)3/h4-9,16,21H,10H2,1-3H3/t16-/m0/s1. The average Bonchev–Trinajstić information content (AvgIpc) is 2.80. The van der Waals surface area contributed by atoms with Crippen LogP contribution in [0.5, 0.6) is 0 Å². The van der Waals surface area contributed by atoms with Gasteiger partial charge < -0.3 is 5.32 Å². The number of hydrogen-bond donors (Lipinski definition) is 1. The van der Waals surface area contributed by atoms with Gasteiger partial charge in [-0.15, -0.1) is 0 Å². The highest BCUT2D eigenvalue weighted by atomic mass is 35.5. The molecule has 2 amide bonds. The van der Waals surface area contributed by atoms with Crippen molar-refractivity contribution >= 4 is 34.8 Å². The van der Waals surface area contributed by atoms with E-state index in [1.165, 1.54) is 4.90 Å². The summed E-state index contributed by atoms with van der Waals surface area (Å²) in [7, 11) is 0. The second kappa shape index (κ2) is 6.29. The van der Waals surface area contributed by atoms with Gasteiger partial charge in [-0.25, -0.2) is 4.90 Å². The van der Waals surface area contributed by atoms with E-state index in [4.69, 9.17) is 11.6 Å². The molecule has 0 spiro atoms. The quantitative estimate of drug-likeness (QED) is 0.857. The minimum Gasteiger partial charge on any atom is -0.373 e. The maximum Gasteiger partial charge on any atom is 0.256 e. The molecule has 1 fully saturated rings. The fourth-order valence-corrected chi connectivity index (χ4v) is 3.08. The molecule has 0 radical (unpaired) electrons. The van der Waals surface area contributed by atoms with Crippen molar-refractivity contribution in [1.29, 1.82) is 0 Å². The smallest absolute Gasteiger partial charge is 0.256 e. The molecule has 2 aromatic rings. The highest BCUT2D eigenvalue weighted by molar-refractivity contribution is 6.32. The van der Waals surface area contributed by atoms with E-state index in [1.807, 2.05) is 39.0 Å². The number of anilines is 2. The lowest BCUT2D eigenvalue weighted by atomic mass is 10.1. The molecule has 0 bridgehead atoms. The number of rotatable bonds is 3. The maximum atomic E-state index is 12.8. The number of carbonyl (C=O) groups is 2. The topological polar surface area (TPSA) is 49.4 Å². The monoisotopic (exact) mass is 342 g/mol. The van der Waals surface area contributed by atoms with Crippen molar-refractivity contribution in [2.45, 2.75) is 33.2 Å². The predicted octanol–water partition coefficient (Wildman–Crippen LogP) is 4.01. The molecule has 0 unspecified atom stereocenters. The molecule has 1 aliphatic rings. The molecule has 5 heteroatoms. The van der Waals surface area contributed by atoms with E-state index in [2.05, 4.69) is 5.32 Å². The van der Waals surface area contributed by atoms with Crippen molar-refractivity contribution in [2.75, 3.05) is 10.2 Å². The average molecular weight is 343 g/mol. The number of halogens is 1. The number of amides is 2. The van der Waals surface area contributed by atoms with Crippen LogP contribution in [0.2, 0.25) is 5.02 Å². The summed E-state index contributed by atoms with van der Waals surface area (Å²) in [4.78, 5) is 26.4. The third-order valence-corrected chi connectivity index (χ3v) is 4.76. The van der Waals surface area contributed by atoms with E-state index >= 15 is 0 Å². The highest BCUT2D eigenvalue weighted by Gasteiger charge is 2.40. The first kappa shape index (κ1) is 16.5. The van der Waals surface area contributed by atoms with Crippen molar-refractivity contribution in [1.82, 2.24) is 0 Å². The van der Waals surface area contributed by atoms with E-state index in [0.29, 0.717) is 10.7 Å². The van der Waals surface area contributed by atoms with Crippen LogP contribution in [-0.4, -0.2) is 17.9 Å². The Labute approximate surface area is 146 Å². The first-order valence-corrected chi connectivity index (χ1v) is 8.22. The van der Waals surface area contributed by atoms with Gasteiger partial charge in [-0.2, -0.15) is 0 Å². The lowest BCUT2D eigenvalue weighted by Gasteiger charge is -2.19. The van der Waals surface area contributed by atoms with Gasteiger partial charge >= 0.3 is 0 Å². The molecule has 124 valence electrons. The van der Waals surface area contributed by atoms with Gasteiger partial charge in [0.15, 0.2) is 0 Å². The number of benzene rings is 2. The number of imide groups is 1. The molecule has 1 atom stereocenters. The summed E-state index contributed by atoms with van der Waals surface area (Å²) in [5.41, 5.74) is 4.31. The van der Waals surface area contributed by atoms with Gasteiger partial charge in [-0.05, 0) is 55.7 Å².